The molecule has 1 aromatic carbocycles. The average molecular weight is 278 g/mol. The molecule has 1 aromatic rings. The fourth-order valence-electron chi connectivity index (χ4n) is 2.04. The zero-order chi connectivity index (χ0) is 13.2. The van der Waals surface area contributed by atoms with E-state index in [2.05, 4.69) is 4.74 Å². The van der Waals surface area contributed by atoms with E-state index in [1.54, 1.807) is 17.8 Å². The molecule has 1 saturated heterocycles. The molecule has 1 heterocycles. The van der Waals surface area contributed by atoms with E-state index in [0.29, 0.717) is 12.8 Å². The van der Waals surface area contributed by atoms with Crippen molar-refractivity contribution in [1.82, 2.24) is 0 Å². The van der Waals surface area contributed by atoms with Crippen LogP contribution >= 0.6 is 11.8 Å². The second-order valence-electron chi connectivity index (χ2n) is 4.19. The number of halogens is 3. The topological polar surface area (TPSA) is 29.5 Å². The lowest BCUT2D eigenvalue weighted by Crippen LogP contribution is -2.32. The molecule has 1 N–H and O–H groups in total. The van der Waals surface area contributed by atoms with Crippen molar-refractivity contribution in [3.63, 3.8) is 0 Å². The summed E-state index contributed by atoms with van der Waals surface area (Å²) in [5.41, 5.74) is -0.991. The normalized spacial score (nSPS) is 19.6. The summed E-state index contributed by atoms with van der Waals surface area (Å²) in [7, 11) is 0. The number of hydrogen-bond donors (Lipinski definition) is 1. The molecule has 0 spiro atoms. The van der Waals surface area contributed by atoms with Gasteiger partial charge in [-0.3, -0.25) is 0 Å². The van der Waals surface area contributed by atoms with E-state index in [1.165, 1.54) is 18.2 Å². The summed E-state index contributed by atoms with van der Waals surface area (Å²) in [5.74, 6) is 1.16. The quantitative estimate of drug-likeness (QED) is 0.900. The first-order chi connectivity index (χ1) is 8.41. The van der Waals surface area contributed by atoms with Gasteiger partial charge in [-0.05, 0) is 30.4 Å². The van der Waals surface area contributed by atoms with Gasteiger partial charge in [-0.15, -0.1) is 13.2 Å². The van der Waals surface area contributed by atoms with E-state index in [-0.39, 0.29) is 11.3 Å². The van der Waals surface area contributed by atoms with Crippen molar-refractivity contribution >= 4 is 11.8 Å². The largest absolute Gasteiger partial charge is 0.573 e. The lowest BCUT2D eigenvalue weighted by Gasteiger charge is -2.33. The van der Waals surface area contributed by atoms with Gasteiger partial charge < -0.3 is 9.84 Å². The molecule has 2 rings (SSSR count). The predicted octanol–water partition coefficient (Wildman–Crippen LogP) is 3.30. The summed E-state index contributed by atoms with van der Waals surface area (Å²) in [4.78, 5) is 0. The van der Waals surface area contributed by atoms with Crippen molar-refractivity contribution in [3.05, 3.63) is 29.8 Å². The van der Waals surface area contributed by atoms with Crippen molar-refractivity contribution in [2.45, 2.75) is 24.8 Å². The minimum Gasteiger partial charge on any atom is -0.405 e. The molecule has 2 nitrogen and oxygen atoms in total. The van der Waals surface area contributed by atoms with Gasteiger partial charge in [0.05, 0.1) is 5.60 Å². The molecule has 6 heteroatoms. The SMILES string of the molecule is OC1(c2ccccc2OC(F)(F)F)CCSCC1. The van der Waals surface area contributed by atoms with Gasteiger partial charge in [0.25, 0.3) is 0 Å². The van der Waals surface area contributed by atoms with Crippen LogP contribution in [0.5, 0.6) is 5.75 Å². The maximum absolute atomic E-state index is 12.3. The molecule has 0 unspecified atom stereocenters. The molecule has 0 amide bonds. The van der Waals surface area contributed by atoms with Crippen molar-refractivity contribution in [1.29, 1.82) is 0 Å². The van der Waals surface area contributed by atoms with Gasteiger partial charge >= 0.3 is 6.36 Å². The Labute approximate surface area is 107 Å². The van der Waals surface area contributed by atoms with Crippen molar-refractivity contribution in [2.75, 3.05) is 11.5 Å². The van der Waals surface area contributed by atoms with Crippen molar-refractivity contribution in [2.24, 2.45) is 0 Å². The number of alkyl halides is 3. The number of benzene rings is 1. The van der Waals surface area contributed by atoms with Crippen LogP contribution in [0.2, 0.25) is 0 Å². The minimum atomic E-state index is -4.74. The van der Waals surface area contributed by atoms with Gasteiger partial charge in [0.2, 0.25) is 0 Å². The van der Waals surface area contributed by atoms with Crippen LogP contribution in [0.1, 0.15) is 18.4 Å². The standard InChI is InChI=1S/C12H13F3O2S/c13-12(14,15)17-10-4-2-1-3-9(10)11(16)5-7-18-8-6-11/h1-4,16H,5-8H2. The molecule has 18 heavy (non-hydrogen) atoms. The Morgan fingerprint density at radius 3 is 2.39 bits per heavy atom. The molecule has 1 aliphatic rings. The van der Waals surface area contributed by atoms with E-state index < -0.39 is 12.0 Å². The Morgan fingerprint density at radius 1 is 1.17 bits per heavy atom. The smallest absolute Gasteiger partial charge is 0.405 e. The van der Waals surface area contributed by atoms with E-state index in [0.717, 1.165) is 11.5 Å². The molecule has 0 aliphatic carbocycles. The third-order valence-electron chi connectivity index (χ3n) is 2.93. The highest BCUT2D eigenvalue weighted by Gasteiger charge is 2.38. The molecular weight excluding hydrogens is 265 g/mol. The Bertz CT molecular complexity index is 414. The highest BCUT2D eigenvalue weighted by atomic mass is 32.2. The summed E-state index contributed by atoms with van der Waals surface area (Å²) in [6.45, 7) is 0. The fraction of sp³-hybridized carbons (Fsp3) is 0.500. The summed E-state index contributed by atoms with van der Waals surface area (Å²) in [6.07, 6.45) is -3.86. The van der Waals surface area contributed by atoms with Crippen LogP contribution in [0.25, 0.3) is 0 Å². The predicted molar refractivity (Wildman–Crippen MR) is 63.6 cm³/mol. The molecule has 0 radical (unpaired) electrons. The van der Waals surface area contributed by atoms with Gasteiger partial charge in [-0.2, -0.15) is 11.8 Å². The number of hydrogen-bond acceptors (Lipinski definition) is 3. The van der Waals surface area contributed by atoms with Crippen LogP contribution in [-0.2, 0) is 5.60 Å². The number of aliphatic hydroxyl groups is 1. The molecule has 0 aromatic heterocycles. The van der Waals surface area contributed by atoms with Crippen LogP contribution in [0, 0.1) is 0 Å². The molecule has 0 bridgehead atoms. The monoisotopic (exact) mass is 278 g/mol. The molecule has 0 saturated carbocycles. The summed E-state index contributed by atoms with van der Waals surface area (Å²) in [6, 6.07) is 5.81. The van der Waals surface area contributed by atoms with E-state index in [9.17, 15) is 18.3 Å². The Morgan fingerprint density at radius 2 is 1.78 bits per heavy atom. The number of rotatable bonds is 2. The van der Waals surface area contributed by atoms with Gasteiger partial charge in [0.1, 0.15) is 5.75 Å². The summed E-state index contributed by atoms with van der Waals surface area (Å²) < 4.78 is 40.9. The minimum absolute atomic E-state index is 0.225. The highest BCUT2D eigenvalue weighted by molar-refractivity contribution is 7.99. The van der Waals surface area contributed by atoms with Gasteiger partial charge in [0, 0.05) is 5.56 Å². The van der Waals surface area contributed by atoms with Gasteiger partial charge in [-0.1, -0.05) is 18.2 Å². The average Bonchev–Trinajstić information content (AvgIpc) is 2.28. The summed E-state index contributed by atoms with van der Waals surface area (Å²) in [5, 5.41) is 10.5. The molecule has 100 valence electrons. The van der Waals surface area contributed by atoms with Crippen LogP contribution in [0.4, 0.5) is 13.2 Å². The highest BCUT2D eigenvalue weighted by Crippen LogP contribution is 2.41. The number of para-hydroxylation sites is 1. The van der Waals surface area contributed by atoms with Gasteiger partial charge in [0.15, 0.2) is 0 Å². The van der Waals surface area contributed by atoms with Gasteiger partial charge in [-0.25, -0.2) is 0 Å². The first kappa shape index (κ1) is 13.5. The summed E-state index contributed by atoms with van der Waals surface area (Å²) >= 11 is 1.69. The molecular formula is C12H13F3O2S. The zero-order valence-corrected chi connectivity index (χ0v) is 10.4. The third kappa shape index (κ3) is 3.11. The molecule has 0 atom stereocenters. The fourth-order valence-corrected chi connectivity index (χ4v) is 3.21. The van der Waals surface area contributed by atoms with Crippen LogP contribution < -0.4 is 4.74 Å². The van der Waals surface area contributed by atoms with E-state index in [1.807, 2.05) is 0 Å². The number of ether oxygens (including phenoxy) is 1. The van der Waals surface area contributed by atoms with Crippen LogP contribution in [0.3, 0.4) is 0 Å². The van der Waals surface area contributed by atoms with E-state index >= 15 is 0 Å². The lowest BCUT2D eigenvalue weighted by molar-refractivity contribution is -0.275. The Balaban J connectivity index is 2.32. The van der Waals surface area contributed by atoms with Crippen molar-refractivity contribution < 1.29 is 23.0 Å². The second-order valence-corrected chi connectivity index (χ2v) is 5.41. The Kier molecular flexibility index (Phi) is 3.77. The van der Waals surface area contributed by atoms with Crippen LogP contribution in [0.15, 0.2) is 24.3 Å². The maximum atomic E-state index is 12.3. The van der Waals surface area contributed by atoms with E-state index in [4.69, 9.17) is 0 Å². The van der Waals surface area contributed by atoms with Crippen LogP contribution in [-0.4, -0.2) is 23.0 Å². The molecule has 1 fully saturated rings. The third-order valence-corrected chi connectivity index (χ3v) is 3.92. The maximum Gasteiger partial charge on any atom is 0.573 e. The first-order valence-electron chi connectivity index (χ1n) is 5.56. The van der Waals surface area contributed by atoms with Crippen molar-refractivity contribution in [3.8, 4) is 5.75 Å². The second kappa shape index (κ2) is 5.01. The first-order valence-corrected chi connectivity index (χ1v) is 6.72. The lowest BCUT2D eigenvalue weighted by atomic mass is 9.87. The molecule has 1 aliphatic heterocycles. The number of thioether (sulfide) groups is 1. The Hall–Kier alpha value is -0.880. The zero-order valence-electron chi connectivity index (χ0n) is 9.54.